The average Bonchev–Trinajstić information content (AvgIpc) is 4.03. The van der Waals surface area contributed by atoms with Crippen molar-refractivity contribution in [2.24, 2.45) is 11.8 Å². The number of anilines is 1. The number of phenols is 2. The predicted octanol–water partition coefficient (Wildman–Crippen LogP) is 9.67. The number of hydrogen-bond acceptors (Lipinski definition) is 7. The van der Waals surface area contributed by atoms with Gasteiger partial charge in [0.15, 0.2) is 17.3 Å². The fourth-order valence-electron chi connectivity index (χ4n) is 10.7. The smallest absolute Gasteiger partial charge is 0.161 e. The topological polar surface area (TPSA) is 148 Å². The van der Waals surface area contributed by atoms with E-state index in [0.717, 1.165) is 109 Å². The lowest BCUT2D eigenvalue weighted by Gasteiger charge is -2.37. The maximum atomic E-state index is 15.4. The lowest BCUT2D eigenvalue weighted by molar-refractivity contribution is -0.135. The van der Waals surface area contributed by atoms with Gasteiger partial charge in [-0.15, -0.1) is 0 Å². The zero-order chi connectivity index (χ0) is 41.2. The summed E-state index contributed by atoms with van der Waals surface area (Å²) in [7, 11) is 0. The molecule has 9 nitrogen and oxygen atoms in total. The third-order valence-corrected chi connectivity index (χ3v) is 13.7. The Morgan fingerprint density at radius 2 is 1.62 bits per heavy atom. The number of hydrogen-bond donors (Lipinski definition) is 6. The van der Waals surface area contributed by atoms with Crippen molar-refractivity contribution in [2.75, 3.05) is 11.9 Å². The van der Waals surface area contributed by atoms with Crippen LogP contribution < -0.4 is 10.1 Å². The molecule has 3 aliphatic carbocycles. The molecule has 1 saturated carbocycles. The number of aryl methyl sites for hydroxylation is 2. The Kier molecular flexibility index (Phi) is 11.7. The summed E-state index contributed by atoms with van der Waals surface area (Å²) in [6.07, 6.45) is 16.2. The van der Waals surface area contributed by atoms with Gasteiger partial charge in [-0.3, -0.25) is 9.59 Å². The zero-order valence-electron chi connectivity index (χ0n) is 34.3. The van der Waals surface area contributed by atoms with E-state index in [-0.39, 0.29) is 66.5 Å². The molecule has 1 aliphatic heterocycles. The van der Waals surface area contributed by atoms with Crippen molar-refractivity contribution in [1.29, 1.82) is 0 Å². The molecule has 1 fully saturated rings. The number of aromatic nitrogens is 2. The number of unbranched alkanes of at least 4 members (excludes halogenated alkanes) is 1. The van der Waals surface area contributed by atoms with Gasteiger partial charge in [0.05, 0.1) is 12.0 Å². The van der Waals surface area contributed by atoms with Crippen LogP contribution in [0.3, 0.4) is 0 Å². The standard InChI is InChI=1S/C51H57N3O6/c55-24-21-42-46(57)18-15-33-27-35(49(58)47(29-33)60-37-12-2-3-13-37)26-32-9-5-10-34(25-32)38-16-17-44(54-51-41(38)20-23-53-51)43-30-45-39(19-22-52-45)40(48(43)50(42)59)14-4-1-7-31-8-6-11-36(56)28-31/h5-6,8-11,19-20,22-23,25,27-30,37-38,40,42,44,48,52-56,58H,1-4,7,12-18,21,24,26H2. The van der Waals surface area contributed by atoms with Crippen LogP contribution in [-0.2, 0) is 28.9 Å². The number of aliphatic hydroxyl groups excluding tert-OH is 1. The van der Waals surface area contributed by atoms with Crippen molar-refractivity contribution in [1.82, 2.24) is 9.97 Å². The molecule has 5 unspecified atom stereocenters. The first-order valence-corrected chi connectivity index (χ1v) is 22.2. The molecular formula is C51H57N3O6. The predicted molar refractivity (Wildman–Crippen MR) is 234 cm³/mol. The zero-order valence-corrected chi connectivity index (χ0v) is 34.3. The number of ketones is 2. The molecule has 312 valence electrons. The van der Waals surface area contributed by atoms with Gasteiger partial charge < -0.3 is 35.3 Å². The van der Waals surface area contributed by atoms with E-state index in [1.54, 1.807) is 6.07 Å². The van der Waals surface area contributed by atoms with E-state index in [9.17, 15) is 20.1 Å². The molecule has 0 spiro atoms. The van der Waals surface area contributed by atoms with Crippen molar-refractivity contribution >= 4 is 23.5 Å². The molecular weight excluding hydrogens is 751 g/mol. The Bertz CT molecular complexity index is 2370. The van der Waals surface area contributed by atoms with Crippen LogP contribution in [-0.4, -0.2) is 55.6 Å². The van der Waals surface area contributed by atoms with Crippen LogP contribution in [0.5, 0.6) is 17.2 Å². The fraction of sp³-hybridized carbons (Fsp3) is 0.412. The van der Waals surface area contributed by atoms with Gasteiger partial charge in [-0.1, -0.05) is 48.9 Å². The lowest BCUT2D eigenvalue weighted by Crippen LogP contribution is -2.40. The highest BCUT2D eigenvalue weighted by atomic mass is 16.5. The summed E-state index contributed by atoms with van der Waals surface area (Å²) in [5.74, 6) is -0.124. The van der Waals surface area contributed by atoms with Gasteiger partial charge in [-0.05, 0) is 146 Å². The summed E-state index contributed by atoms with van der Waals surface area (Å²) in [4.78, 5) is 37.0. The third kappa shape index (κ3) is 8.29. The molecule has 6 N–H and O–H groups in total. The molecule has 9 rings (SSSR count). The molecule has 6 bridgehead atoms. The normalized spacial score (nSPS) is 23.1. The number of rotatable bonds is 9. The Labute approximate surface area is 352 Å². The highest BCUT2D eigenvalue weighted by Gasteiger charge is 2.44. The molecule has 0 amide bonds. The van der Waals surface area contributed by atoms with Crippen LogP contribution >= 0.6 is 0 Å². The van der Waals surface area contributed by atoms with Gasteiger partial charge in [0, 0.05) is 66.5 Å². The Morgan fingerprint density at radius 3 is 2.47 bits per heavy atom. The highest BCUT2D eigenvalue weighted by molar-refractivity contribution is 6.05. The molecule has 3 aromatic carbocycles. The number of aliphatic hydroxyl groups is 1. The van der Waals surface area contributed by atoms with Gasteiger partial charge in [0.2, 0.25) is 0 Å². The monoisotopic (exact) mass is 807 g/mol. The van der Waals surface area contributed by atoms with E-state index in [0.29, 0.717) is 18.6 Å². The number of phenolic OH excluding ortho intramolecular Hbond substituents is 2. The van der Waals surface area contributed by atoms with E-state index in [4.69, 9.17) is 4.74 Å². The minimum absolute atomic E-state index is 0.0437. The van der Waals surface area contributed by atoms with E-state index >= 15 is 4.79 Å². The van der Waals surface area contributed by atoms with Crippen molar-refractivity contribution in [2.45, 2.75) is 114 Å². The quantitative estimate of drug-likeness (QED) is 0.0642. The summed E-state index contributed by atoms with van der Waals surface area (Å²) >= 11 is 0. The first-order valence-electron chi connectivity index (χ1n) is 22.2. The minimum Gasteiger partial charge on any atom is -0.508 e. The molecule has 0 saturated heterocycles. The number of aromatic amines is 2. The number of Topliss-reactive ketones (excluding diaryl/α,β-unsaturated/α-hetero) is 2. The second-order valence-electron chi connectivity index (χ2n) is 17.6. The van der Waals surface area contributed by atoms with E-state index in [1.807, 2.05) is 42.7 Å². The maximum absolute atomic E-state index is 15.4. The summed E-state index contributed by atoms with van der Waals surface area (Å²) in [5, 5.41) is 36.1. The Hall–Kier alpha value is -5.54. The molecule has 4 aliphatic rings. The Morgan fingerprint density at radius 1 is 0.783 bits per heavy atom. The van der Waals surface area contributed by atoms with Crippen LogP contribution in [0, 0.1) is 11.8 Å². The number of nitrogens with one attached hydrogen (secondary N) is 3. The van der Waals surface area contributed by atoms with Crippen molar-refractivity contribution < 1.29 is 29.6 Å². The Balaban J connectivity index is 1.12. The van der Waals surface area contributed by atoms with Gasteiger partial charge in [-0.25, -0.2) is 0 Å². The number of carbonyl (C=O) groups is 2. The summed E-state index contributed by atoms with van der Waals surface area (Å²) in [6.45, 7) is -0.270. The summed E-state index contributed by atoms with van der Waals surface area (Å²) in [5.41, 5.74) is 9.23. The largest absolute Gasteiger partial charge is 0.508 e. The number of ether oxygens (including phenoxy) is 1. The minimum atomic E-state index is -0.970. The first-order chi connectivity index (χ1) is 29.3. The number of aromatic hydroxyl groups is 2. The number of H-pyrrole nitrogens is 2. The van der Waals surface area contributed by atoms with Crippen LogP contribution in [0.25, 0.3) is 6.08 Å². The van der Waals surface area contributed by atoms with Crippen LogP contribution in [0.4, 0.5) is 5.82 Å². The van der Waals surface area contributed by atoms with Gasteiger partial charge in [-0.2, -0.15) is 0 Å². The molecule has 5 aromatic rings. The first kappa shape index (κ1) is 39.9. The van der Waals surface area contributed by atoms with E-state index in [1.165, 1.54) is 11.1 Å². The second kappa shape index (κ2) is 17.6. The molecule has 5 atom stereocenters. The van der Waals surface area contributed by atoms with Gasteiger partial charge in [0.25, 0.3) is 0 Å². The fourth-order valence-corrected chi connectivity index (χ4v) is 10.7. The lowest BCUT2D eigenvalue weighted by atomic mass is 9.67. The molecule has 60 heavy (non-hydrogen) atoms. The number of benzene rings is 3. The SMILES string of the molecule is O=C1CCc2cc(c(O)c(OC3CCCC3)c2)Cc2cccc(c2)C2CCC(Nc3[nH]ccc32)C2=Cc3[nH]ccc3C(CCCCc3cccc(O)c3)C2C(=O)C1CCO. The summed E-state index contributed by atoms with van der Waals surface area (Å²) < 4.78 is 6.45. The average molecular weight is 808 g/mol. The van der Waals surface area contributed by atoms with E-state index < -0.39 is 11.8 Å². The number of fused-ring (bicyclic) bond motifs is 13. The second-order valence-corrected chi connectivity index (χ2v) is 17.6. The third-order valence-electron chi connectivity index (χ3n) is 13.7. The molecule has 9 heteroatoms. The highest BCUT2D eigenvalue weighted by Crippen LogP contribution is 2.48. The van der Waals surface area contributed by atoms with Crippen molar-refractivity contribution in [3.63, 3.8) is 0 Å². The van der Waals surface area contributed by atoms with E-state index in [2.05, 4.69) is 57.8 Å². The van der Waals surface area contributed by atoms with Crippen molar-refractivity contribution in [3.8, 4) is 17.2 Å². The maximum Gasteiger partial charge on any atom is 0.161 e. The molecule has 2 aromatic heterocycles. The molecule has 0 radical (unpaired) electrons. The summed E-state index contributed by atoms with van der Waals surface area (Å²) in [6, 6.07) is 24.0. The van der Waals surface area contributed by atoms with Crippen molar-refractivity contribution in [3.05, 3.63) is 135 Å². The van der Waals surface area contributed by atoms with Crippen LogP contribution in [0.2, 0.25) is 0 Å². The van der Waals surface area contributed by atoms with Crippen LogP contribution in [0.1, 0.15) is 127 Å². The number of carbonyl (C=O) groups excluding carboxylic acids is 2. The van der Waals surface area contributed by atoms with Gasteiger partial charge >= 0.3 is 0 Å². The van der Waals surface area contributed by atoms with Gasteiger partial charge in [0.1, 0.15) is 17.4 Å². The molecule has 3 heterocycles. The van der Waals surface area contributed by atoms with Crippen LogP contribution in [0.15, 0.2) is 90.8 Å².